The van der Waals surface area contributed by atoms with Gasteiger partial charge < -0.3 is 9.26 Å². The Hall–Kier alpha value is -1.79. The maximum atomic E-state index is 5.74. The number of hydrogen-bond donors (Lipinski definition) is 0. The molecular formula is C15H20N4O2. The van der Waals surface area contributed by atoms with E-state index in [1.165, 1.54) is 12.8 Å². The molecule has 0 spiro atoms. The van der Waals surface area contributed by atoms with Gasteiger partial charge in [-0.3, -0.25) is 9.88 Å². The molecule has 0 N–H and O–H groups in total. The van der Waals surface area contributed by atoms with Crippen molar-refractivity contribution in [3.05, 3.63) is 30.3 Å². The number of pyridine rings is 1. The van der Waals surface area contributed by atoms with Crippen LogP contribution in [0.15, 0.2) is 28.9 Å². The van der Waals surface area contributed by atoms with Crippen LogP contribution in [0, 0.1) is 0 Å². The van der Waals surface area contributed by atoms with Gasteiger partial charge in [-0.15, -0.1) is 0 Å². The van der Waals surface area contributed by atoms with Crippen LogP contribution in [0.25, 0.3) is 11.5 Å². The van der Waals surface area contributed by atoms with Crippen molar-refractivity contribution >= 4 is 0 Å². The fourth-order valence-corrected chi connectivity index (χ4v) is 2.51. The minimum Gasteiger partial charge on any atom is -0.377 e. The molecule has 1 saturated heterocycles. The van der Waals surface area contributed by atoms with Crippen LogP contribution in [0.1, 0.15) is 25.2 Å². The van der Waals surface area contributed by atoms with Crippen LogP contribution >= 0.6 is 0 Å². The molecule has 1 fully saturated rings. The number of nitrogens with zero attached hydrogens (tertiary/aromatic N) is 4. The first-order valence-corrected chi connectivity index (χ1v) is 7.35. The third kappa shape index (κ3) is 3.86. The van der Waals surface area contributed by atoms with E-state index >= 15 is 0 Å². The third-order valence-electron chi connectivity index (χ3n) is 3.56. The molecule has 0 amide bonds. The maximum absolute atomic E-state index is 5.74. The topological polar surface area (TPSA) is 64.3 Å². The van der Waals surface area contributed by atoms with Crippen LogP contribution in [0.5, 0.6) is 0 Å². The molecular weight excluding hydrogens is 268 g/mol. The maximum Gasteiger partial charge on any atom is 0.241 e. The quantitative estimate of drug-likeness (QED) is 0.840. The van der Waals surface area contributed by atoms with Crippen molar-refractivity contribution in [3.63, 3.8) is 0 Å². The number of ether oxygens (including phenoxy) is 1. The summed E-state index contributed by atoms with van der Waals surface area (Å²) in [5, 5.41) is 3.98. The highest BCUT2D eigenvalue weighted by atomic mass is 16.5. The first-order valence-electron chi connectivity index (χ1n) is 7.35. The predicted molar refractivity (Wildman–Crippen MR) is 77.5 cm³/mol. The first-order chi connectivity index (χ1) is 10.3. The number of hydrogen-bond acceptors (Lipinski definition) is 6. The van der Waals surface area contributed by atoms with Gasteiger partial charge in [0.05, 0.1) is 12.6 Å². The number of rotatable bonds is 5. The van der Waals surface area contributed by atoms with Crippen molar-refractivity contribution in [1.82, 2.24) is 20.0 Å². The van der Waals surface area contributed by atoms with Crippen LogP contribution < -0.4 is 0 Å². The lowest BCUT2D eigenvalue weighted by Crippen LogP contribution is -2.33. The molecule has 1 aliphatic rings. The summed E-state index contributed by atoms with van der Waals surface area (Å²) in [5.74, 6) is 1.14. The zero-order valence-corrected chi connectivity index (χ0v) is 12.2. The van der Waals surface area contributed by atoms with Crippen LogP contribution in [0.4, 0.5) is 0 Å². The molecule has 21 heavy (non-hydrogen) atoms. The van der Waals surface area contributed by atoms with Gasteiger partial charge >= 0.3 is 0 Å². The summed E-state index contributed by atoms with van der Waals surface area (Å²) in [5.41, 5.74) is 0.728. The third-order valence-corrected chi connectivity index (χ3v) is 3.56. The highest BCUT2D eigenvalue weighted by molar-refractivity contribution is 5.46. The smallest absolute Gasteiger partial charge is 0.241 e. The lowest BCUT2D eigenvalue weighted by molar-refractivity contribution is -0.00382. The molecule has 3 rings (SSSR count). The van der Waals surface area contributed by atoms with Crippen molar-refractivity contribution in [1.29, 1.82) is 0 Å². The van der Waals surface area contributed by atoms with Gasteiger partial charge in [-0.05, 0) is 38.4 Å². The number of aromatic nitrogens is 3. The lowest BCUT2D eigenvalue weighted by atomic mass is 10.1. The Labute approximate surface area is 124 Å². The first kappa shape index (κ1) is 14.2. The summed E-state index contributed by atoms with van der Waals surface area (Å²) < 4.78 is 11.0. The minimum absolute atomic E-state index is 0.321. The highest BCUT2D eigenvalue weighted by Crippen LogP contribution is 2.15. The lowest BCUT2D eigenvalue weighted by Gasteiger charge is -2.26. The van der Waals surface area contributed by atoms with Crippen LogP contribution in [0.2, 0.25) is 0 Å². The molecule has 3 heterocycles. The molecule has 2 aromatic rings. The fourth-order valence-electron chi connectivity index (χ4n) is 2.51. The van der Waals surface area contributed by atoms with Gasteiger partial charge in [-0.2, -0.15) is 4.98 Å². The molecule has 0 aliphatic carbocycles. The standard InChI is InChI=1S/C15H20N4O2/c1-19(10-12-6-3-5-9-20-12)11-14-17-15(18-21-14)13-7-2-4-8-16-13/h2,4,7-8,12H,3,5-6,9-11H2,1H3/t12-/m0/s1. The molecule has 0 bridgehead atoms. The van der Waals surface area contributed by atoms with E-state index in [1.807, 2.05) is 25.2 Å². The fraction of sp³-hybridized carbons (Fsp3) is 0.533. The summed E-state index contributed by atoms with van der Waals surface area (Å²) >= 11 is 0. The summed E-state index contributed by atoms with van der Waals surface area (Å²) in [6, 6.07) is 5.64. The Morgan fingerprint density at radius 1 is 1.33 bits per heavy atom. The van der Waals surface area contributed by atoms with Gasteiger partial charge in [0.1, 0.15) is 5.69 Å². The second kappa shape index (κ2) is 6.78. The molecule has 0 radical (unpaired) electrons. The Morgan fingerprint density at radius 2 is 2.29 bits per heavy atom. The molecule has 1 aliphatic heterocycles. The van der Waals surface area contributed by atoms with E-state index in [4.69, 9.17) is 9.26 Å². The summed E-state index contributed by atoms with van der Waals surface area (Å²) in [6.07, 6.45) is 5.60. The second-order valence-electron chi connectivity index (χ2n) is 5.41. The molecule has 2 aromatic heterocycles. The van der Waals surface area contributed by atoms with Crippen molar-refractivity contribution in [3.8, 4) is 11.5 Å². The van der Waals surface area contributed by atoms with E-state index < -0.39 is 0 Å². The monoisotopic (exact) mass is 288 g/mol. The molecule has 6 heteroatoms. The SMILES string of the molecule is CN(Cc1nc(-c2ccccn2)no1)C[C@@H]1CCCCO1. The van der Waals surface area contributed by atoms with Crippen LogP contribution in [-0.2, 0) is 11.3 Å². The zero-order chi connectivity index (χ0) is 14.5. The molecule has 0 unspecified atom stereocenters. The normalized spacial score (nSPS) is 19.0. The van der Waals surface area contributed by atoms with Crippen molar-refractivity contribution in [2.24, 2.45) is 0 Å². The van der Waals surface area contributed by atoms with E-state index in [1.54, 1.807) is 6.20 Å². The Kier molecular flexibility index (Phi) is 4.57. The Balaban J connectivity index is 1.56. The zero-order valence-electron chi connectivity index (χ0n) is 12.2. The molecule has 1 atom stereocenters. The molecule has 0 aromatic carbocycles. The van der Waals surface area contributed by atoms with E-state index in [9.17, 15) is 0 Å². The molecule has 112 valence electrons. The average Bonchev–Trinajstić information content (AvgIpc) is 2.97. The number of likely N-dealkylation sites (N-methyl/N-ethyl adjacent to an activating group) is 1. The summed E-state index contributed by atoms with van der Waals surface area (Å²) in [6.45, 7) is 2.39. The van der Waals surface area contributed by atoms with E-state index in [2.05, 4.69) is 20.0 Å². The summed E-state index contributed by atoms with van der Waals surface area (Å²) in [7, 11) is 2.04. The molecule has 0 saturated carbocycles. The van der Waals surface area contributed by atoms with Crippen molar-refractivity contribution in [2.75, 3.05) is 20.2 Å². The largest absolute Gasteiger partial charge is 0.377 e. The van der Waals surface area contributed by atoms with E-state index in [0.717, 1.165) is 25.3 Å². The van der Waals surface area contributed by atoms with Gasteiger partial charge in [0, 0.05) is 19.3 Å². The van der Waals surface area contributed by atoms with Crippen LogP contribution in [0.3, 0.4) is 0 Å². The average molecular weight is 288 g/mol. The van der Waals surface area contributed by atoms with E-state index in [0.29, 0.717) is 24.4 Å². The van der Waals surface area contributed by atoms with Gasteiger partial charge in [0.15, 0.2) is 0 Å². The van der Waals surface area contributed by atoms with Gasteiger partial charge in [-0.1, -0.05) is 11.2 Å². The van der Waals surface area contributed by atoms with Gasteiger partial charge in [0.25, 0.3) is 0 Å². The molecule has 6 nitrogen and oxygen atoms in total. The predicted octanol–water partition coefficient (Wildman–Crippen LogP) is 2.13. The van der Waals surface area contributed by atoms with Crippen LogP contribution in [-0.4, -0.2) is 46.3 Å². The Bertz CT molecular complexity index is 552. The van der Waals surface area contributed by atoms with Crippen molar-refractivity contribution in [2.45, 2.75) is 31.9 Å². The Morgan fingerprint density at radius 3 is 3.05 bits per heavy atom. The van der Waals surface area contributed by atoms with Crippen molar-refractivity contribution < 1.29 is 9.26 Å². The van der Waals surface area contributed by atoms with Gasteiger partial charge in [0.2, 0.25) is 11.7 Å². The summed E-state index contributed by atoms with van der Waals surface area (Å²) in [4.78, 5) is 10.8. The highest BCUT2D eigenvalue weighted by Gasteiger charge is 2.17. The second-order valence-corrected chi connectivity index (χ2v) is 5.41. The minimum atomic E-state index is 0.321. The van der Waals surface area contributed by atoms with Gasteiger partial charge in [-0.25, -0.2) is 0 Å². The van der Waals surface area contributed by atoms with E-state index in [-0.39, 0.29) is 0 Å².